The number of hydrogen-bond acceptors (Lipinski definition) is 5. The van der Waals surface area contributed by atoms with Crippen LogP contribution in [0.5, 0.6) is 0 Å². The predicted molar refractivity (Wildman–Crippen MR) is 53.8 cm³/mol. The van der Waals surface area contributed by atoms with Crippen molar-refractivity contribution in [2.24, 2.45) is 0 Å². The topological polar surface area (TPSA) is 77.2 Å². The van der Waals surface area contributed by atoms with E-state index in [0.29, 0.717) is 5.82 Å². The molecule has 0 aliphatic rings. The average Bonchev–Trinajstić information content (AvgIpc) is 2.20. The zero-order chi connectivity index (χ0) is 10.6. The van der Waals surface area contributed by atoms with Gasteiger partial charge in [0, 0.05) is 0 Å². The van der Waals surface area contributed by atoms with Crippen LogP contribution in [0, 0.1) is 0 Å². The number of aromatic nitrogens is 1. The van der Waals surface area contributed by atoms with Crippen LogP contribution in [0.4, 0.5) is 11.5 Å². The van der Waals surface area contributed by atoms with Crippen molar-refractivity contribution in [3.05, 3.63) is 18.3 Å². The van der Waals surface area contributed by atoms with Crippen LogP contribution in [0.3, 0.4) is 0 Å². The number of carbonyl (C=O) groups is 1. The van der Waals surface area contributed by atoms with Gasteiger partial charge in [0.1, 0.15) is 11.9 Å². The molecule has 0 aliphatic carbocycles. The van der Waals surface area contributed by atoms with E-state index in [1.54, 1.807) is 25.3 Å². The van der Waals surface area contributed by atoms with Crippen LogP contribution in [0.25, 0.3) is 0 Å². The van der Waals surface area contributed by atoms with Gasteiger partial charge in [-0.25, -0.2) is 9.78 Å². The van der Waals surface area contributed by atoms with E-state index in [1.165, 1.54) is 7.11 Å². The number of nitrogens with two attached hydrogens (primary N) is 1. The molecule has 0 amide bonds. The Morgan fingerprint density at radius 1 is 1.64 bits per heavy atom. The van der Waals surface area contributed by atoms with Crippen molar-refractivity contribution in [3.8, 4) is 0 Å². The smallest absolute Gasteiger partial charge is 0.327 e. The van der Waals surface area contributed by atoms with E-state index < -0.39 is 6.04 Å². The Kier molecular flexibility index (Phi) is 3.28. The highest BCUT2D eigenvalue weighted by Gasteiger charge is 2.11. The zero-order valence-corrected chi connectivity index (χ0v) is 8.15. The number of rotatable bonds is 3. The van der Waals surface area contributed by atoms with Crippen molar-refractivity contribution >= 4 is 17.5 Å². The highest BCUT2D eigenvalue weighted by molar-refractivity contribution is 5.78. The maximum atomic E-state index is 11.1. The van der Waals surface area contributed by atoms with Gasteiger partial charge in [-0.1, -0.05) is 0 Å². The molecule has 1 unspecified atom stereocenters. The van der Waals surface area contributed by atoms with Gasteiger partial charge in [-0.15, -0.1) is 0 Å². The number of nitrogens with one attached hydrogen (secondary N) is 1. The second-order valence-electron chi connectivity index (χ2n) is 2.86. The third-order valence-corrected chi connectivity index (χ3v) is 1.72. The van der Waals surface area contributed by atoms with Crippen LogP contribution < -0.4 is 11.1 Å². The van der Waals surface area contributed by atoms with Gasteiger partial charge >= 0.3 is 5.97 Å². The number of carbonyl (C=O) groups excluding carboxylic acids is 1. The number of nitrogens with zero attached hydrogens (tertiary/aromatic N) is 1. The Morgan fingerprint density at radius 2 is 2.36 bits per heavy atom. The molecule has 0 bridgehead atoms. The molecule has 5 nitrogen and oxygen atoms in total. The molecule has 1 aromatic rings. The second-order valence-corrected chi connectivity index (χ2v) is 2.86. The Bertz CT molecular complexity index is 310. The molecule has 1 heterocycles. The third-order valence-electron chi connectivity index (χ3n) is 1.72. The molecular formula is C9H13N3O2. The summed E-state index contributed by atoms with van der Waals surface area (Å²) in [6, 6.07) is 3.01. The Labute approximate surface area is 82.3 Å². The summed E-state index contributed by atoms with van der Waals surface area (Å²) in [7, 11) is 1.35. The number of ether oxygens (including phenoxy) is 1. The van der Waals surface area contributed by atoms with Gasteiger partial charge < -0.3 is 15.8 Å². The minimum absolute atomic E-state index is 0.318. The molecule has 1 aromatic heterocycles. The van der Waals surface area contributed by atoms with E-state index >= 15 is 0 Å². The molecule has 0 aromatic carbocycles. The zero-order valence-electron chi connectivity index (χ0n) is 8.15. The molecule has 76 valence electrons. The SMILES string of the molecule is COC(=O)C(C)Nc1ccc(N)nc1. The van der Waals surface area contributed by atoms with Crippen LogP contribution >= 0.6 is 0 Å². The van der Waals surface area contributed by atoms with Crippen LogP contribution in [0.2, 0.25) is 0 Å². The quantitative estimate of drug-likeness (QED) is 0.692. The Morgan fingerprint density at radius 3 is 2.86 bits per heavy atom. The highest BCUT2D eigenvalue weighted by Crippen LogP contribution is 2.08. The summed E-state index contributed by atoms with van der Waals surface area (Å²) in [5.41, 5.74) is 6.15. The number of nitrogen functional groups attached to an aromatic ring is 1. The number of hydrogen-bond donors (Lipinski definition) is 2. The van der Waals surface area contributed by atoms with Crippen molar-refractivity contribution in [2.75, 3.05) is 18.2 Å². The minimum atomic E-state index is -0.398. The number of methoxy groups -OCH3 is 1. The molecule has 1 atom stereocenters. The number of pyridine rings is 1. The molecule has 0 saturated heterocycles. The Balaban J connectivity index is 2.60. The monoisotopic (exact) mass is 195 g/mol. The predicted octanol–water partition coefficient (Wildman–Crippen LogP) is 0.637. The summed E-state index contributed by atoms with van der Waals surface area (Å²) in [5, 5.41) is 2.93. The van der Waals surface area contributed by atoms with E-state index in [1.807, 2.05) is 0 Å². The number of esters is 1. The fraction of sp³-hybridized carbons (Fsp3) is 0.333. The third kappa shape index (κ3) is 2.62. The molecular weight excluding hydrogens is 182 g/mol. The van der Waals surface area contributed by atoms with Crippen LogP contribution in [-0.4, -0.2) is 24.1 Å². The van der Waals surface area contributed by atoms with E-state index in [2.05, 4.69) is 15.0 Å². The van der Waals surface area contributed by atoms with Crippen molar-refractivity contribution in [1.82, 2.24) is 4.98 Å². The molecule has 0 aliphatic heterocycles. The van der Waals surface area contributed by atoms with Crippen LogP contribution in [0.15, 0.2) is 18.3 Å². The van der Waals surface area contributed by atoms with E-state index in [0.717, 1.165) is 5.69 Å². The van der Waals surface area contributed by atoms with E-state index in [9.17, 15) is 4.79 Å². The summed E-state index contributed by atoms with van der Waals surface area (Å²) in [6.07, 6.45) is 1.56. The first-order chi connectivity index (χ1) is 6.63. The fourth-order valence-electron chi connectivity index (χ4n) is 0.976. The molecule has 0 saturated carbocycles. The first kappa shape index (κ1) is 10.3. The van der Waals surface area contributed by atoms with Gasteiger partial charge in [-0.3, -0.25) is 0 Å². The molecule has 0 fully saturated rings. The average molecular weight is 195 g/mol. The lowest BCUT2D eigenvalue weighted by atomic mass is 10.3. The van der Waals surface area contributed by atoms with Gasteiger partial charge in [0.25, 0.3) is 0 Å². The normalized spacial score (nSPS) is 11.9. The van der Waals surface area contributed by atoms with Gasteiger partial charge in [-0.05, 0) is 19.1 Å². The Hall–Kier alpha value is -1.78. The van der Waals surface area contributed by atoms with Gasteiger partial charge in [-0.2, -0.15) is 0 Å². The lowest BCUT2D eigenvalue weighted by Gasteiger charge is -2.12. The first-order valence-electron chi connectivity index (χ1n) is 4.19. The van der Waals surface area contributed by atoms with Crippen molar-refractivity contribution in [1.29, 1.82) is 0 Å². The summed E-state index contributed by atoms with van der Waals surface area (Å²) in [4.78, 5) is 14.9. The molecule has 1 rings (SSSR count). The standard InChI is InChI=1S/C9H13N3O2/c1-6(9(13)14-2)12-7-3-4-8(10)11-5-7/h3-6,12H,1-2H3,(H2,10,11). The molecule has 0 radical (unpaired) electrons. The van der Waals surface area contributed by atoms with Gasteiger partial charge in [0.15, 0.2) is 0 Å². The second kappa shape index (κ2) is 4.45. The van der Waals surface area contributed by atoms with Crippen LogP contribution in [-0.2, 0) is 9.53 Å². The lowest BCUT2D eigenvalue weighted by Crippen LogP contribution is -2.27. The molecule has 14 heavy (non-hydrogen) atoms. The summed E-state index contributed by atoms with van der Waals surface area (Å²) >= 11 is 0. The summed E-state index contributed by atoms with van der Waals surface area (Å²) in [5.74, 6) is 0.128. The van der Waals surface area contributed by atoms with Crippen LogP contribution in [0.1, 0.15) is 6.92 Å². The van der Waals surface area contributed by atoms with Crippen molar-refractivity contribution < 1.29 is 9.53 Å². The maximum absolute atomic E-state index is 11.1. The van der Waals surface area contributed by atoms with Gasteiger partial charge in [0.2, 0.25) is 0 Å². The fourth-order valence-corrected chi connectivity index (χ4v) is 0.976. The molecule has 0 spiro atoms. The summed E-state index contributed by atoms with van der Waals surface area (Å²) in [6.45, 7) is 1.71. The van der Waals surface area contributed by atoms with Gasteiger partial charge in [0.05, 0.1) is 19.0 Å². The van der Waals surface area contributed by atoms with E-state index in [-0.39, 0.29) is 5.97 Å². The molecule has 5 heteroatoms. The summed E-state index contributed by atoms with van der Waals surface area (Å²) < 4.78 is 4.56. The first-order valence-corrected chi connectivity index (χ1v) is 4.19. The lowest BCUT2D eigenvalue weighted by molar-refractivity contribution is -0.141. The molecule has 3 N–H and O–H groups in total. The van der Waals surface area contributed by atoms with Crippen molar-refractivity contribution in [3.63, 3.8) is 0 Å². The largest absolute Gasteiger partial charge is 0.467 e. The minimum Gasteiger partial charge on any atom is -0.467 e. The maximum Gasteiger partial charge on any atom is 0.327 e. The van der Waals surface area contributed by atoms with E-state index in [4.69, 9.17) is 5.73 Å². The van der Waals surface area contributed by atoms with Crippen molar-refractivity contribution in [2.45, 2.75) is 13.0 Å². The highest BCUT2D eigenvalue weighted by atomic mass is 16.5. The number of anilines is 2.